The molecular formula is C11H21N. The van der Waals surface area contributed by atoms with Crippen LogP contribution in [0.15, 0.2) is 0 Å². The lowest BCUT2D eigenvalue weighted by Gasteiger charge is -2.38. The van der Waals surface area contributed by atoms with Crippen molar-refractivity contribution in [1.29, 1.82) is 0 Å². The first-order valence-corrected chi connectivity index (χ1v) is 5.30. The van der Waals surface area contributed by atoms with E-state index in [0.717, 1.165) is 12.0 Å². The van der Waals surface area contributed by atoms with Gasteiger partial charge in [0.1, 0.15) is 0 Å². The zero-order chi connectivity index (χ0) is 8.77. The Labute approximate surface area is 76.1 Å². The van der Waals surface area contributed by atoms with Crippen molar-refractivity contribution in [3.05, 3.63) is 0 Å². The van der Waals surface area contributed by atoms with Gasteiger partial charge >= 0.3 is 0 Å². The van der Waals surface area contributed by atoms with Crippen LogP contribution in [0.5, 0.6) is 0 Å². The summed E-state index contributed by atoms with van der Waals surface area (Å²) in [4.78, 5) is 2.72. The van der Waals surface area contributed by atoms with Crippen LogP contribution >= 0.6 is 0 Å². The van der Waals surface area contributed by atoms with Gasteiger partial charge in [0, 0.05) is 12.6 Å². The third-order valence-corrected chi connectivity index (χ3v) is 3.31. The van der Waals surface area contributed by atoms with E-state index in [4.69, 9.17) is 0 Å². The predicted molar refractivity (Wildman–Crippen MR) is 52.2 cm³/mol. The van der Waals surface area contributed by atoms with Crippen LogP contribution in [-0.2, 0) is 0 Å². The molecule has 2 rings (SSSR count). The molecule has 1 aliphatic heterocycles. The second kappa shape index (κ2) is 2.73. The largest absolute Gasteiger partial charge is 0.300 e. The molecule has 1 nitrogen and oxygen atoms in total. The molecule has 0 radical (unpaired) electrons. The van der Waals surface area contributed by atoms with Crippen molar-refractivity contribution < 1.29 is 0 Å². The van der Waals surface area contributed by atoms with Gasteiger partial charge in [0.25, 0.3) is 0 Å². The third kappa shape index (κ3) is 1.52. The molecule has 1 heteroatoms. The van der Waals surface area contributed by atoms with Gasteiger partial charge in [-0.1, -0.05) is 20.8 Å². The fourth-order valence-corrected chi connectivity index (χ4v) is 2.67. The molecule has 0 aromatic heterocycles. The summed E-state index contributed by atoms with van der Waals surface area (Å²) in [7, 11) is 0. The number of rotatable bonds is 1. The van der Waals surface area contributed by atoms with Crippen molar-refractivity contribution in [2.24, 2.45) is 11.3 Å². The highest BCUT2D eigenvalue weighted by Gasteiger charge is 2.41. The van der Waals surface area contributed by atoms with Crippen LogP contribution in [0.25, 0.3) is 0 Å². The van der Waals surface area contributed by atoms with E-state index in [1.165, 1.54) is 32.4 Å². The summed E-state index contributed by atoms with van der Waals surface area (Å²) < 4.78 is 0. The summed E-state index contributed by atoms with van der Waals surface area (Å²) in [5.41, 5.74) is 0.491. The number of nitrogens with zero attached hydrogens (tertiary/aromatic N) is 1. The van der Waals surface area contributed by atoms with E-state index >= 15 is 0 Å². The van der Waals surface area contributed by atoms with Gasteiger partial charge in [-0.3, -0.25) is 4.90 Å². The lowest BCUT2D eigenvalue weighted by Crippen LogP contribution is -2.42. The molecule has 1 aliphatic carbocycles. The number of hydrogen-bond acceptors (Lipinski definition) is 1. The molecule has 1 heterocycles. The third-order valence-electron chi connectivity index (χ3n) is 3.31. The molecule has 12 heavy (non-hydrogen) atoms. The smallest absolute Gasteiger partial charge is 0.0124 e. The Balaban J connectivity index is 1.89. The second-order valence-corrected chi connectivity index (χ2v) is 5.72. The fraction of sp³-hybridized carbons (Fsp3) is 1.00. The van der Waals surface area contributed by atoms with Crippen LogP contribution in [0, 0.1) is 11.3 Å². The van der Waals surface area contributed by atoms with Crippen LogP contribution in [-0.4, -0.2) is 24.0 Å². The summed E-state index contributed by atoms with van der Waals surface area (Å²) in [5, 5.41) is 0. The van der Waals surface area contributed by atoms with Crippen LogP contribution in [0.1, 0.15) is 40.0 Å². The maximum absolute atomic E-state index is 2.72. The molecule has 1 saturated heterocycles. The molecule has 0 spiro atoms. The zero-order valence-electron chi connectivity index (χ0n) is 8.64. The molecule has 2 fully saturated rings. The van der Waals surface area contributed by atoms with E-state index in [1.807, 2.05) is 0 Å². The van der Waals surface area contributed by atoms with E-state index in [1.54, 1.807) is 0 Å². The molecule has 2 unspecified atom stereocenters. The maximum atomic E-state index is 2.72. The first-order valence-electron chi connectivity index (χ1n) is 5.30. The Morgan fingerprint density at radius 3 is 2.33 bits per heavy atom. The highest BCUT2D eigenvalue weighted by molar-refractivity contribution is 4.95. The van der Waals surface area contributed by atoms with E-state index in [2.05, 4.69) is 25.7 Å². The van der Waals surface area contributed by atoms with Crippen molar-refractivity contribution >= 4 is 0 Å². The van der Waals surface area contributed by atoms with Crippen molar-refractivity contribution in [3.63, 3.8) is 0 Å². The molecule has 0 aromatic rings. The van der Waals surface area contributed by atoms with Gasteiger partial charge in [-0.2, -0.15) is 0 Å². The van der Waals surface area contributed by atoms with E-state index in [0.29, 0.717) is 5.41 Å². The zero-order valence-corrected chi connectivity index (χ0v) is 8.64. The average Bonchev–Trinajstić information content (AvgIpc) is 2.02. The lowest BCUT2D eigenvalue weighted by molar-refractivity contribution is 0.107. The monoisotopic (exact) mass is 167 g/mol. The molecular weight excluding hydrogens is 146 g/mol. The summed E-state index contributed by atoms with van der Waals surface area (Å²) >= 11 is 0. The minimum Gasteiger partial charge on any atom is -0.300 e. The highest BCUT2D eigenvalue weighted by Crippen LogP contribution is 2.41. The van der Waals surface area contributed by atoms with Gasteiger partial charge in [-0.15, -0.1) is 0 Å². The van der Waals surface area contributed by atoms with Crippen LogP contribution in [0.4, 0.5) is 0 Å². The topological polar surface area (TPSA) is 3.24 Å². The first-order chi connectivity index (χ1) is 5.56. The predicted octanol–water partition coefficient (Wildman–Crippen LogP) is 2.52. The van der Waals surface area contributed by atoms with Crippen LogP contribution in [0.3, 0.4) is 0 Å². The molecule has 0 aromatic carbocycles. The van der Waals surface area contributed by atoms with E-state index < -0.39 is 0 Å². The maximum Gasteiger partial charge on any atom is 0.0124 e. The SMILES string of the molecule is CC(C)(C)CN1CCC2CCC21. The van der Waals surface area contributed by atoms with Gasteiger partial charge in [-0.05, 0) is 37.1 Å². The van der Waals surface area contributed by atoms with Crippen molar-refractivity contribution in [2.45, 2.75) is 46.1 Å². The molecule has 2 atom stereocenters. The Morgan fingerprint density at radius 2 is 1.92 bits per heavy atom. The number of likely N-dealkylation sites (tertiary alicyclic amines) is 1. The normalized spacial score (nSPS) is 36.2. The van der Waals surface area contributed by atoms with Crippen molar-refractivity contribution in [3.8, 4) is 0 Å². The molecule has 70 valence electrons. The lowest BCUT2D eigenvalue weighted by atomic mass is 9.80. The van der Waals surface area contributed by atoms with Crippen LogP contribution in [0.2, 0.25) is 0 Å². The molecule has 0 bridgehead atoms. The minimum atomic E-state index is 0.491. The Hall–Kier alpha value is -0.0400. The fourth-order valence-electron chi connectivity index (χ4n) is 2.67. The van der Waals surface area contributed by atoms with Crippen molar-refractivity contribution in [2.75, 3.05) is 13.1 Å². The molecule has 2 aliphatic rings. The van der Waals surface area contributed by atoms with Gasteiger partial charge in [0.2, 0.25) is 0 Å². The van der Waals surface area contributed by atoms with Crippen molar-refractivity contribution in [1.82, 2.24) is 4.90 Å². The number of hydrogen-bond donors (Lipinski definition) is 0. The van der Waals surface area contributed by atoms with Gasteiger partial charge in [-0.25, -0.2) is 0 Å². The van der Waals surface area contributed by atoms with E-state index in [9.17, 15) is 0 Å². The van der Waals surface area contributed by atoms with Gasteiger partial charge in [0.15, 0.2) is 0 Å². The molecule has 1 saturated carbocycles. The Kier molecular flexibility index (Phi) is 1.95. The quantitative estimate of drug-likeness (QED) is 0.580. The van der Waals surface area contributed by atoms with Crippen LogP contribution < -0.4 is 0 Å². The summed E-state index contributed by atoms with van der Waals surface area (Å²) in [5.74, 6) is 1.08. The Bertz CT molecular complexity index is 168. The average molecular weight is 167 g/mol. The minimum absolute atomic E-state index is 0.491. The Morgan fingerprint density at radius 1 is 1.17 bits per heavy atom. The number of fused-ring (bicyclic) bond motifs is 1. The summed E-state index contributed by atoms with van der Waals surface area (Å²) in [6, 6.07) is 0.976. The molecule has 0 N–H and O–H groups in total. The standard InChI is InChI=1S/C11H21N/c1-11(2,3)8-12-7-6-9-4-5-10(9)12/h9-10H,4-8H2,1-3H3. The molecule has 0 amide bonds. The highest BCUT2D eigenvalue weighted by atomic mass is 15.2. The summed E-state index contributed by atoms with van der Waals surface area (Å²) in [6.07, 6.45) is 4.45. The second-order valence-electron chi connectivity index (χ2n) is 5.72. The van der Waals surface area contributed by atoms with E-state index in [-0.39, 0.29) is 0 Å². The van der Waals surface area contributed by atoms with Gasteiger partial charge in [0.05, 0.1) is 0 Å². The first kappa shape index (κ1) is 8.55. The van der Waals surface area contributed by atoms with Gasteiger partial charge < -0.3 is 0 Å². The summed E-state index contributed by atoms with van der Waals surface area (Å²) in [6.45, 7) is 9.71.